The molecule has 5 nitrogen and oxygen atoms in total. The SMILES string of the molecule is CNC(=S)Nc1cc(C)ccn1.O=CNCC1CC1. The second-order valence-electron chi connectivity index (χ2n) is 4.39. The van der Waals surface area contributed by atoms with E-state index in [1.54, 1.807) is 13.2 Å². The number of rotatable bonds is 4. The number of amides is 1. The second-order valence-corrected chi connectivity index (χ2v) is 4.80. The largest absolute Gasteiger partial charge is 0.365 e. The average molecular weight is 280 g/mol. The van der Waals surface area contributed by atoms with E-state index in [4.69, 9.17) is 12.2 Å². The molecule has 1 heterocycles. The zero-order chi connectivity index (χ0) is 14.1. The van der Waals surface area contributed by atoms with E-state index in [1.807, 2.05) is 19.1 Å². The first-order valence-corrected chi connectivity index (χ1v) is 6.65. The summed E-state index contributed by atoms with van der Waals surface area (Å²) in [7, 11) is 1.77. The molecule has 104 valence electrons. The van der Waals surface area contributed by atoms with Gasteiger partial charge in [0.15, 0.2) is 5.11 Å². The lowest BCUT2D eigenvalue weighted by Gasteiger charge is -2.05. The Labute approximate surface area is 119 Å². The summed E-state index contributed by atoms with van der Waals surface area (Å²) in [5.41, 5.74) is 1.16. The van der Waals surface area contributed by atoms with E-state index < -0.39 is 0 Å². The van der Waals surface area contributed by atoms with Gasteiger partial charge in [-0.15, -0.1) is 0 Å². The summed E-state index contributed by atoms with van der Waals surface area (Å²) in [6, 6.07) is 3.87. The number of nitrogens with zero attached hydrogens (tertiary/aromatic N) is 1. The zero-order valence-corrected chi connectivity index (χ0v) is 12.1. The summed E-state index contributed by atoms with van der Waals surface area (Å²) in [5.74, 6) is 1.58. The minimum Gasteiger partial charge on any atom is -0.365 e. The molecule has 0 spiro atoms. The Balaban J connectivity index is 0.000000218. The maximum atomic E-state index is 9.63. The minimum atomic E-state index is 0.577. The van der Waals surface area contributed by atoms with Crippen LogP contribution in [0.15, 0.2) is 18.3 Å². The first-order valence-electron chi connectivity index (χ1n) is 6.24. The molecule has 1 fully saturated rings. The molecular weight excluding hydrogens is 260 g/mol. The highest BCUT2D eigenvalue weighted by Gasteiger charge is 2.19. The summed E-state index contributed by atoms with van der Waals surface area (Å²) in [4.78, 5) is 13.7. The van der Waals surface area contributed by atoms with Gasteiger partial charge in [0.1, 0.15) is 5.82 Å². The summed E-state index contributed by atoms with van der Waals surface area (Å²) in [6.07, 6.45) is 5.12. The smallest absolute Gasteiger partial charge is 0.207 e. The van der Waals surface area contributed by atoms with Gasteiger partial charge in [-0.3, -0.25) is 4.79 Å². The Morgan fingerprint density at radius 3 is 2.84 bits per heavy atom. The molecule has 1 aromatic rings. The maximum absolute atomic E-state index is 9.63. The van der Waals surface area contributed by atoms with Crippen molar-refractivity contribution in [3.05, 3.63) is 23.9 Å². The molecule has 0 saturated heterocycles. The van der Waals surface area contributed by atoms with Crippen LogP contribution in [0.2, 0.25) is 0 Å². The molecule has 1 amide bonds. The number of carbonyl (C=O) groups is 1. The normalized spacial score (nSPS) is 12.7. The Bertz CT molecular complexity index is 421. The third kappa shape index (κ3) is 7.35. The monoisotopic (exact) mass is 280 g/mol. The summed E-state index contributed by atoms with van der Waals surface area (Å²) in [5, 5.41) is 8.96. The van der Waals surface area contributed by atoms with Crippen LogP contribution < -0.4 is 16.0 Å². The third-order valence-electron chi connectivity index (χ3n) is 2.57. The molecule has 0 unspecified atom stereocenters. The first kappa shape index (κ1) is 15.4. The Hall–Kier alpha value is -1.69. The molecule has 0 aliphatic heterocycles. The van der Waals surface area contributed by atoms with Crippen LogP contribution in [-0.2, 0) is 4.79 Å². The molecule has 1 saturated carbocycles. The zero-order valence-electron chi connectivity index (χ0n) is 11.3. The topological polar surface area (TPSA) is 66.0 Å². The van der Waals surface area contributed by atoms with Gasteiger partial charge in [0.05, 0.1) is 0 Å². The van der Waals surface area contributed by atoms with E-state index in [1.165, 1.54) is 12.8 Å². The van der Waals surface area contributed by atoms with Gasteiger partial charge >= 0.3 is 0 Å². The van der Waals surface area contributed by atoms with Crippen molar-refractivity contribution in [2.75, 3.05) is 18.9 Å². The number of aryl methyl sites for hydroxylation is 1. The fourth-order valence-corrected chi connectivity index (χ4v) is 1.42. The quantitative estimate of drug-likeness (QED) is 0.575. The fraction of sp³-hybridized carbons (Fsp3) is 0.462. The fourth-order valence-electron chi connectivity index (χ4n) is 1.32. The van der Waals surface area contributed by atoms with Crippen molar-refractivity contribution in [2.24, 2.45) is 5.92 Å². The van der Waals surface area contributed by atoms with Crippen molar-refractivity contribution in [2.45, 2.75) is 19.8 Å². The molecule has 1 aliphatic carbocycles. The number of hydrogen-bond donors (Lipinski definition) is 3. The molecule has 3 N–H and O–H groups in total. The molecule has 0 radical (unpaired) electrons. The van der Waals surface area contributed by atoms with Crippen LogP contribution in [-0.4, -0.2) is 30.1 Å². The number of anilines is 1. The Morgan fingerprint density at radius 2 is 2.32 bits per heavy atom. The van der Waals surface area contributed by atoms with Gasteiger partial charge in [-0.2, -0.15) is 0 Å². The molecule has 0 atom stereocenters. The van der Waals surface area contributed by atoms with Crippen LogP contribution in [0.1, 0.15) is 18.4 Å². The van der Waals surface area contributed by atoms with E-state index in [0.29, 0.717) is 5.11 Å². The van der Waals surface area contributed by atoms with Crippen LogP contribution in [0.25, 0.3) is 0 Å². The van der Waals surface area contributed by atoms with E-state index in [0.717, 1.165) is 30.3 Å². The number of hydrogen-bond acceptors (Lipinski definition) is 3. The van der Waals surface area contributed by atoms with Crippen molar-refractivity contribution >= 4 is 29.6 Å². The van der Waals surface area contributed by atoms with E-state index in [9.17, 15) is 4.79 Å². The number of carbonyl (C=O) groups excluding carboxylic acids is 1. The second kappa shape index (κ2) is 8.42. The van der Waals surface area contributed by atoms with Crippen molar-refractivity contribution in [1.29, 1.82) is 0 Å². The van der Waals surface area contributed by atoms with Crippen LogP contribution >= 0.6 is 12.2 Å². The number of thiocarbonyl (C=S) groups is 1. The van der Waals surface area contributed by atoms with Crippen molar-refractivity contribution in [3.8, 4) is 0 Å². The number of aromatic nitrogens is 1. The highest BCUT2D eigenvalue weighted by atomic mass is 32.1. The summed E-state index contributed by atoms with van der Waals surface area (Å²) in [6.45, 7) is 2.90. The Morgan fingerprint density at radius 1 is 1.58 bits per heavy atom. The minimum absolute atomic E-state index is 0.577. The van der Waals surface area contributed by atoms with Crippen molar-refractivity contribution < 1.29 is 4.79 Å². The van der Waals surface area contributed by atoms with E-state index >= 15 is 0 Å². The predicted molar refractivity (Wildman–Crippen MR) is 81.0 cm³/mol. The van der Waals surface area contributed by atoms with E-state index in [-0.39, 0.29) is 0 Å². The summed E-state index contributed by atoms with van der Waals surface area (Å²) < 4.78 is 0. The van der Waals surface area contributed by atoms with E-state index in [2.05, 4.69) is 20.9 Å². The lowest BCUT2D eigenvalue weighted by molar-refractivity contribution is -0.109. The molecular formula is C13H20N4OS. The predicted octanol–water partition coefficient (Wildman–Crippen LogP) is 1.45. The van der Waals surface area contributed by atoms with Crippen molar-refractivity contribution in [3.63, 3.8) is 0 Å². The number of pyridine rings is 1. The summed E-state index contributed by atoms with van der Waals surface area (Å²) >= 11 is 4.92. The first-order chi connectivity index (χ1) is 9.15. The lowest BCUT2D eigenvalue weighted by Crippen LogP contribution is -2.24. The van der Waals surface area contributed by atoms with Crippen LogP contribution in [0.3, 0.4) is 0 Å². The third-order valence-corrected chi connectivity index (χ3v) is 2.88. The highest BCUT2D eigenvalue weighted by molar-refractivity contribution is 7.80. The molecule has 0 aromatic carbocycles. The van der Waals surface area contributed by atoms with Gasteiger partial charge in [-0.25, -0.2) is 4.98 Å². The average Bonchev–Trinajstić information content (AvgIpc) is 3.21. The van der Waals surface area contributed by atoms with Gasteiger partial charge < -0.3 is 16.0 Å². The van der Waals surface area contributed by atoms with Crippen LogP contribution in [0.4, 0.5) is 5.82 Å². The highest BCUT2D eigenvalue weighted by Crippen LogP contribution is 2.27. The number of nitrogens with one attached hydrogen (secondary N) is 3. The molecule has 19 heavy (non-hydrogen) atoms. The van der Waals surface area contributed by atoms with Gasteiger partial charge in [-0.05, 0) is 55.6 Å². The van der Waals surface area contributed by atoms with Gasteiger partial charge in [0, 0.05) is 19.8 Å². The van der Waals surface area contributed by atoms with Crippen molar-refractivity contribution in [1.82, 2.24) is 15.6 Å². The van der Waals surface area contributed by atoms with Gasteiger partial charge in [0.25, 0.3) is 0 Å². The Kier molecular flexibility index (Phi) is 6.81. The standard InChI is InChI=1S/C8H11N3S.C5H9NO/c1-6-3-4-10-7(5-6)11-8(12)9-2;7-4-6-3-5-1-2-5/h3-5H,1-2H3,(H2,9,10,11,12);4-5H,1-3H2,(H,6,7). The molecule has 1 aliphatic rings. The van der Waals surface area contributed by atoms with Gasteiger partial charge in [-0.1, -0.05) is 0 Å². The molecule has 0 bridgehead atoms. The lowest BCUT2D eigenvalue weighted by atomic mass is 10.3. The van der Waals surface area contributed by atoms with Crippen LogP contribution in [0.5, 0.6) is 0 Å². The molecule has 2 rings (SSSR count). The molecule has 1 aromatic heterocycles. The van der Waals surface area contributed by atoms with Crippen LogP contribution in [0, 0.1) is 12.8 Å². The van der Waals surface area contributed by atoms with Gasteiger partial charge in [0.2, 0.25) is 6.41 Å². The maximum Gasteiger partial charge on any atom is 0.207 e. The molecule has 6 heteroatoms.